The van der Waals surface area contributed by atoms with Gasteiger partial charge in [-0.2, -0.15) is 0 Å². The molecule has 0 radical (unpaired) electrons. The van der Waals surface area contributed by atoms with E-state index in [1.54, 1.807) is 4.90 Å². The van der Waals surface area contributed by atoms with E-state index in [0.717, 1.165) is 16.1 Å². The van der Waals surface area contributed by atoms with E-state index in [0.29, 0.717) is 12.3 Å². The Morgan fingerprint density at radius 3 is 2.36 bits per heavy atom. The third-order valence-electron chi connectivity index (χ3n) is 3.72. The first-order valence-corrected chi connectivity index (χ1v) is 9.27. The summed E-state index contributed by atoms with van der Waals surface area (Å²) >= 11 is 1.52. The second-order valence-corrected chi connectivity index (χ2v) is 7.04. The average molecular weight is 356 g/mol. The summed E-state index contributed by atoms with van der Waals surface area (Å²) in [7, 11) is 0. The van der Waals surface area contributed by atoms with Crippen LogP contribution in [0, 0.1) is 6.92 Å². The molecule has 5 heteroatoms. The minimum absolute atomic E-state index is 0.0281. The molecule has 0 aliphatic rings. The number of carbonyl (C=O) groups excluding carboxylic acids is 2. The molecule has 2 rings (SSSR count). The van der Waals surface area contributed by atoms with Gasteiger partial charge in [0.25, 0.3) is 0 Å². The number of rotatable bonds is 7. The zero-order valence-electron chi connectivity index (χ0n) is 14.9. The number of nitrogens with zero attached hydrogens (tertiary/aromatic N) is 1. The zero-order chi connectivity index (χ0) is 18.2. The molecule has 0 heterocycles. The monoisotopic (exact) mass is 356 g/mol. The van der Waals surface area contributed by atoms with Crippen LogP contribution in [0.25, 0.3) is 0 Å². The fraction of sp³-hybridized carbons (Fsp3) is 0.300. The van der Waals surface area contributed by atoms with Gasteiger partial charge in [-0.15, -0.1) is 11.8 Å². The van der Waals surface area contributed by atoms with Gasteiger partial charge in [0.1, 0.15) is 0 Å². The quantitative estimate of drug-likeness (QED) is 0.771. The smallest absolute Gasteiger partial charge is 0.237 e. The molecule has 1 N–H and O–H groups in total. The lowest BCUT2D eigenvalue weighted by Crippen LogP contribution is -2.44. The van der Waals surface area contributed by atoms with Gasteiger partial charge in [-0.1, -0.05) is 36.4 Å². The van der Waals surface area contributed by atoms with Gasteiger partial charge >= 0.3 is 0 Å². The molecule has 0 fully saturated rings. The van der Waals surface area contributed by atoms with Crippen molar-refractivity contribution in [3.05, 3.63) is 60.2 Å². The highest BCUT2D eigenvalue weighted by Crippen LogP contribution is 2.23. The Morgan fingerprint density at radius 2 is 1.72 bits per heavy atom. The van der Waals surface area contributed by atoms with Crippen LogP contribution in [0.1, 0.15) is 19.4 Å². The van der Waals surface area contributed by atoms with Crippen LogP contribution in [-0.2, 0) is 9.59 Å². The summed E-state index contributed by atoms with van der Waals surface area (Å²) in [5.74, 6) is 0.286. The molecule has 0 saturated heterocycles. The van der Waals surface area contributed by atoms with Crippen molar-refractivity contribution in [3.8, 4) is 0 Å². The van der Waals surface area contributed by atoms with E-state index >= 15 is 0 Å². The van der Waals surface area contributed by atoms with Crippen molar-refractivity contribution in [2.45, 2.75) is 31.7 Å². The summed E-state index contributed by atoms with van der Waals surface area (Å²) in [6.45, 7) is 5.83. The maximum absolute atomic E-state index is 12.9. The van der Waals surface area contributed by atoms with Gasteiger partial charge in [-0.25, -0.2) is 0 Å². The average Bonchev–Trinajstić information content (AvgIpc) is 2.58. The van der Waals surface area contributed by atoms with Crippen LogP contribution in [0.15, 0.2) is 59.5 Å². The van der Waals surface area contributed by atoms with Crippen molar-refractivity contribution in [2.75, 3.05) is 17.2 Å². The van der Waals surface area contributed by atoms with E-state index in [1.807, 2.05) is 68.4 Å². The molecule has 2 amide bonds. The van der Waals surface area contributed by atoms with Gasteiger partial charge in [0, 0.05) is 30.1 Å². The van der Waals surface area contributed by atoms with Crippen LogP contribution in [0.3, 0.4) is 0 Å². The molecule has 2 aromatic rings. The molecule has 1 atom stereocenters. The Hall–Kier alpha value is -2.27. The van der Waals surface area contributed by atoms with Crippen LogP contribution in [-0.4, -0.2) is 30.2 Å². The van der Waals surface area contributed by atoms with Crippen LogP contribution >= 0.6 is 11.8 Å². The van der Waals surface area contributed by atoms with E-state index in [4.69, 9.17) is 0 Å². The van der Waals surface area contributed by atoms with Crippen LogP contribution < -0.4 is 10.2 Å². The fourth-order valence-corrected chi connectivity index (χ4v) is 3.40. The molecule has 25 heavy (non-hydrogen) atoms. The van der Waals surface area contributed by atoms with Crippen molar-refractivity contribution in [1.29, 1.82) is 0 Å². The standard InChI is InChI=1S/C20H24N2O2S/c1-15-9-7-8-12-19(15)22(13-16(2)21-17(3)23)20(24)14-25-18-10-5-4-6-11-18/h4-12,16H,13-14H2,1-3H3,(H,21,23)/t16-/m0/s1. The second kappa shape index (κ2) is 9.28. The molecule has 0 aliphatic carbocycles. The lowest BCUT2D eigenvalue weighted by molar-refractivity contribution is -0.120. The number of aryl methyl sites for hydroxylation is 1. The Kier molecular flexibility index (Phi) is 7.07. The lowest BCUT2D eigenvalue weighted by atomic mass is 10.1. The Morgan fingerprint density at radius 1 is 1.08 bits per heavy atom. The van der Waals surface area contributed by atoms with Gasteiger partial charge in [0.15, 0.2) is 0 Å². The van der Waals surface area contributed by atoms with Gasteiger partial charge in [0.2, 0.25) is 11.8 Å². The normalized spacial score (nSPS) is 11.6. The van der Waals surface area contributed by atoms with E-state index < -0.39 is 0 Å². The fourth-order valence-electron chi connectivity index (χ4n) is 2.61. The van der Waals surface area contributed by atoms with Gasteiger partial charge in [-0.3, -0.25) is 9.59 Å². The first-order chi connectivity index (χ1) is 12.0. The molecule has 0 spiro atoms. The topological polar surface area (TPSA) is 49.4 Å². The van der Waals surface area contributed by atoms with Crippen molar-refractivity contribution < 1.29 is 9.59 Å². The van der Waals surface area contributed by atoms with Crippen LogP contribution in [0.2, 0.25) is 0 Å². The van der Waals surface area contributed by atoms with Gasteiger partial charge in [-0.05, 0) is 37.6 Å². The highest BCUT2D eigenvalue weighted by atomic mass is 32.2. The molecular formula is C20H24N2O2S. The first kappa shape index (κ1) is 19.1. The predicted molar refractivity (Wildman–Crippen MR) is 104 cm³/mol. The number of carbonyl (C=O) groups is 2. The maximum Gasteiger partial charge on any atom is 0.237 e. The highest BCUT2D eigenvalue weighted by Gasteiger charge is 2.20. The molecule has 0 aromatic heterocycles. The summed E-state index contributed by atoms with van der Waals surface area (Å²) in [5, 5.41) is 2.85. The number of para-hydroxylation sites is 1. The highest BCUT2D eigenvalue weighted by molar-refractivity contribution is 8.00. The molecule has 0 aliphatic heterocycles. The van der Waals surface area contributed by atoms with Crippen molar-refractivity contribution in [2.24, 2.45) is 0 Å². The minimum Gasteiger partial charge on any atom is -0.352 e. The summed E-state index contributed by atoms with van der Waals surface area (Å²) in [5.41, 5.74) is 1.92. The summed E-state index contributed by atoms with van der Waals surface area (Å²) in [6.07, 6.45) is 0. The van der Waals surface area contributed by atoms with Crippen LogP contribution in [0.4, 0.5) is 5.69 Å². The number of benzene rings is 2. The van der Waals surface area contributed by atoms with Crippen molar-refractivity contribution in [3.63, 3.8) is 0 Å². The predicted octanol–water partition coefficient (Wildman–Crippen LogP) is 3.64. The van der Waals surface area contributed by atoms with E-state index in [1.165, 1.54) is 18.7 Å². The molecule has 4 nitrogen and oxygen atoms in total. The molecule has 0 unspecified atom stereocenters. The summed E-state index contributed by atoms with van der Waals surface area (Å²) in [4.78, 5) is 27.0. The van der Waals surface area contributed by atoms with Gasteiger partial charge in [0.05, 0.1) is 5.75 Å². The molecule has 2 aromatic carbocycles. The van der Waals surface area contributed by atoms with Crippen LogP contribution in [0.5, 0.6) is 0 Å². The number of nitrogens with one attached hydrogen (secondary N) is 1. The Balaban J connectivity index is 2.14. The Bertz CT molecular complexity index is 719. The second-order valence-electron chi connectivity index (χ2n) is 5.99. The number of anilines is 1. The maximum atomic E-state index is 12.9. The van der Waals surface area contributed by atoms with E-state index in [2.05, 4.69) is 5.32 Å². The number of amides is 2. The molecule has 0 bridgehead atoms. The first-order valence-electron chi connectivity index (χ1n) is 8.28. The number of hydrogen-bond acceptors (Lipinski definition) is 3. The molecule has 132 valence electrons. The number of thioether (sulfide) groups is 1. The Labute approximate surface area is 153 Å². The SMILES string of the molecule is CC(=O)N[C@@H](C)CN(C(=O)CSc1ccccc1)c1ccccc1C. The number of hydrogen-bond donors (Lipinski definition) is 1. The molecular weight excluding hydrogens is 332 g/mol. The molecule has 0 saturated carbocycles. The van der Waals surface area contributed by atoms with Crippen molar-refractivity contribution >= 4 is 29.3 Å². The summed E-state index contributed by atoms with van der Waals surface area (Å²) in [6, 6.07) is 17.6. The largest absolute Gasteiger partial charge is 0.352 e. The minimum atomic E-state index is -0.122. The zero-order valence-corrected chi connectivity index (χ0v) is 15.7. The summed E-state index contributed by atoms with van der Waals surface area (Å²) < 4.78 is 0. The van der Waals surface area contributed by atoms with Gasteiger partial charge < -0.3 is 10.2 Å². The van der Waals surface area contributed by atoms with E-state index in [-0.39, 0.29) is 17.9 Å². The lowest BCUT2D eigenvalue weighted by Gasteiger charge is -2.27. The third-order valence-corrected chi connectivity index (χ3v) is 4.72. The van der Waals surface area contributed by atoms with Crippen molar-refractivity contribution in [1.82, 2.24) is 5.32 Å². The third kappa shape index (κ3) is 5.94. The van der Waals surface area contributed by atoms with E-state index in [9.17, 15) is 9.59 Å².